The Morgan fingerprint density at radius 1 is 0.750 bits per heavy atom. The maximum Gasteiger partial charge on any atom is 0.275 e. The number of aromatic nitrogens is 4. The van der Waals surface area contributed by atoms with Gasteiger partial charge in [0.1, 0.15) is 5.52 Å². The Balaban J connectivity index is 1.55. The van der Waals surface area contributed by atoms with E-state index in [1.54, 1.807) is 42.6 Å². The van der Waals surface area contributed by atoms with Crippen LogP contribution in [0.2, 0.25) is 5.02 Å². The van der Waals surface area contributed by atoms with E-state index in [0.29, 0.717) is 27.1 Å². The summed E-state index contributed by atoms with van der Waals surface area (Å²) in [7, 11) is -6.54. The summed E-state index contributed by atoms with van der Waals surface area (Å²) < 4.78 is 57.2. The quantitative estimate of drug-likeness (QED) is 0.284. The third kappa shape index (κ3) is 4.05. The van der Waals surface area contributed by atoms with Crippen molar-refractivity contribution in [2.45, 2.75) is 16.7 Å². The molecule has 9 nitrogen and oxygen atoms in total. The van der Waals surface area contributed by atoms with Gasteiger partial charge in [-0.3, -0.25) is 4.79 Å². The van der Waals surface area contributed by atoms with Gasteiger partial charge in [0.05, 0.1) is 15.5 Å². The maximum absolute atomic E-state index is 13.5. The van der Waals surface area contributed by atoms with Crippen molar-refractivity contribution in [3.8, 4) is 11.3 Å². The Morgan fingerprint density at radius 3 is 2.02 bits per heavy atom. The minimum atomic E-state index is -4.07. The first-order valence-electron chi connectivity index (χ1n) is 12.0. The van der Waals surface area contributed by atoms with Crippen LogP contribution in [0.4, 0.5) is 0 Å². The summed E-state index contributed by atoms with van der Waals surface area (Å²) in [5, 5.41) is 1.36. The van der Waals surface area contributed by atoms with E-state index in [1.165, 1.54) is 60.4 Å². The van der Waals surface area contributed by atoms with E-state index >= 15 is 0 Å². The first-order chi connectivity index (χ1) is 19.0. The van der Waals surface area contributed by atoms with Crippen LogP contribution in [0.3, 0.4) is 0 Å². The highest BCUT2D eigenvalue weighted by molar-refractivity contribution is 7.90. The number of halogens is 1. The molecule has 0 aliphatic carbocycles. The van der Waals surface area contributed by atoms with E-state index in [4.69, 9.17) is 11.6 Å². The van der Waals surface area contributed by atoms with Gasteiger partial charge in [-0.05, 0) is 67.6 Å². The van der Waals surface area contributed by atoms with E-state index in [9.17, 15) is 21.6 Å². The number of fused-ring (bicyclic) bond motifs is 2. The minimum Gasteiger partial charge on any atom is -0.316 e. The van der Waals surface area contributed by atoms with Gasteiger partial charge in [-0.1, -0.05) is 29.3 Å². The van der Waals surface area contributed by atoms with E-state index in [2.05, 4.69) is 4.98 Å². The van der Waals surface area contributed by atoms with Crippen molar-refractivity contribution in [2.24, 2.45) is 7.05 Å². The van der Waals surface area contributed by atoms with Gasteiger partial charge in [0.25, 0.3) is 25.6 Å². The second-order valence-corrected chi connectivity index (χ2v) is 13.4. The first-order valence-corrected chi connectivity index (χ1v) is 15.3. The van der Waals surface area contributed by atoms with E-state index < -0.39 is 25.6 Å². The second-order valence-electron chi connectivity index (χ2n) is 9.33. The monoisotopic (exact) mass is 592 g/mol. The summed E-state index contributed by atoms with van der Waals surface area (Å²) in [4.78, 5) is 18.0. The fraction of sp³-hybridized carbons (Fsp3) is 0.0714. The fourth-order valence-electron chi connectivity index (χ4n) is 4.61. The van der Waals surface area contributed by atoms with E-state index in [0.717, 1.165) is 13.5 Å². The van der Waals surface area contributed by atoms with Gasteiger partial charge in [-0.2, -0.15) is 0 Å². The molecule has 6 rings (SSSR count). The van der Waals surface area contributed by atoms with Gasteiger partial charge < -0.3 is 4.57 Å². The van der Waals surface area contributed by atoms with Crippen molar-refractivity contribution in [3.05, 3.63) is 112 Å². The summed E-state index contributed by atoms with van der Waals surface area (Å²) in [6, 6.07) is 18.8. The lowest BCUT2D eigenvalue weighted by Crippen LogP contribution is -2.22. The molecule has 0 atom stereocenters. The summed E-state index contributed by atoms with van der Waals surface area (Å²) >= 11 is 5.94. The molecular formula is C28H21ClN4O5S2. The number of hydrogen-bond acceptors (Lipinski definition) is 6. The van der Waals surface area contributed by atoms with Crippen LogP contribution >= 0.6 is 11.6 Å². The molecule has 0 spiro atoms. The molecule has 0 saturated heterocycles. The molecule has 0 bridgehead atoms. The molecular weight excluding hydrogens is 572 g/mol. The highest BCUT2D eigenvalue weighted by Crippen LogP contribution is 2.31. The van der Waals surface area contributed by atoms with Crippen molar-refractivity contribution in [1.82, 2.24) is 17.5 Å². The standard InChI is InChI=1S/C28H21ClN4O5S2/c1-18-3-8-21(9-4-18)39(35,36)32-16-14-23-24(17-31(2)28(34)26(23)32)25-12-5-19-13-15-33(27(19)30-25)40(37,38)22-10-6-20(29)7-11-22/h3-17H,1-2H3. The van der Waals surface area contributed by atoms with Crippen LogP contribution in [0, 0.1) is 6.92 Å². The van der Waals surface area contributed by atoms with Crippen LogP contribution in [0.25, 0.3) is 33.2 Å². The molecule has 2 aromatic carbocycles. The highest BCUT2D eigenvalue weighted by Gasteiger charge is 2.24. The van der Waals surface area contributed by atoms with Crippen LogP contribution in [0.1, 0.15) is 5.56 Å². The summed E-state index contributed by atoms with van der Waals surface area (Å²) in [5.41, 5.74) is 1.37. The third-order valence-electron chi connectivity index (χ3n) is 6.72. The third-order valence-corrected chi connectivity index (χ3v) is 10.3. The topological polar surface area (TPSA) is 113 Å². The zero-order valence-electron chi connectivity index (χ0n) is 21.2. The number of hydrogen-bond donors (Lipinski definition) is 0. The Bertz CT molecular complexity index is 2230. The molecule has 12 heteroatoms. The van der Waals surface area contributed by atoms with Gasteiger partial charge in [-0.15, -0.1) is 0 Å². The van der Waals surface area contributed by atoms with Crippen LogP contribution in [-0.2, 0) is 27.1 Å². The molecule has 0 radical (unpaired) electrons. The lowest BCUT2D eigenvalue weighted by Gasteiger charge is -2.11. The molecule has 0 saturated carbocycles. The smallest absolute Gasteiger partial charge is 0.275 e. The largest absolute Gasteiger partial charge is 0.316 e. The molecule has 0 unspecified atom stereocenters. The fourth-order valence-corrected chi connectivity index (χ4v) is 7.38. The van der Waals surface area contributed by atoms with E-state index in [-0.39, 0.29) is 21.0 Å². The van der Waals surface area contributed by atoms with Gasteiger partial charge >= 0.3 is 0 Å². The average Bonchev–Trinajstić information content (AvgIpc) is 3.57. The molecule has 4 aromatic heterocycles. The van der Waals surface area contributed by atoms with Crippen molar-refractivity contribution >= 4 is 53.6 Å². The van der Waals surface area contributed by atoms with Gasteiger partial charge in [-0.25, -0.2) is 29.8 Å². The average molecular weight is 593 g/mol. The Kier molecular flexibility index (Phi) is 5.98. The van der Waals surface area contributed by atoms with Gasteiger partial charge in [0, 0.05) is 47.0 Å². The molecule has 0 aliphatic rings. The van der Waals surface area contributed by atoms with Crippen LogP contribution in [0.5, 0.6) is 0 Å². The lowest BCUT2D eigenvalue weighted by atomic mass is 10.1. The molecule has 0 amide bonds. The summed E-state index contributed by atoms with van der Waals surface area (Å²) in [6.07, 6.45) is 4.33. The van der Waals surface area contributed by atoms with Crippen LogP contribution in [-0.4, -0.2) is 34.3 Å². The van der Waals surface area contributed by atoms with Gasteiger partial charge in [0.15, 0.2) is 5.65 Å². The van der Waals surface area contributed by atoms with Crippen LogP contribution < -0.4 is 5.56 Å². The molecule has 6 aromatic rings. The molecule has 4 heterocycles. The van der Waals surface area contributed by atoms with Crippen molar-refractivity contribution in [2.75, 3.05) is 0 Å². The summed E-state index contributed by atoms with van der Waals surface area (Å²) in [5.74, 6) is 0. The van der Waals surface area contributed by atoms with Gasteiger partial charge in [0.2, 0.25) is 0 Å². The Morgan fingerprint density at radius 2 is 1.35 bits per heavy atom. The molecule has 202 valence electrons. The van der Waals surface area contributed by atoms with Crippen molar-refractivity contribution < 1.29 is 16.8 Å². The normalized spacial score (nSPS) is 12.4. The first kappa shape index (κ1) is 26.1. The SMILES string of the molecule is Cc1ccc(S(=O)(=O)n2ccc3c(-c4ccc5ccn(S(=O)(=O)c6ccc(Cl)cc6)c5n4)cn(C)c(=O)c32)cc1. The number of nitrogens with zero attached hydrogens (tertiary/aromatic N) is 4. The van der Waals surface area contributed by atoms with Crippen molar-refractivity contribution in [1.29, 1.82) is 0 Å². The molecule has 40 heavy (non-hydrogen) atoms. The zero-order valence-corrected chi connectivity index (χ0v) is 23.6. The predicted molar refractivity (Wildman–Crippen MR) is 154 cm³/mol. The number of aryl methyl sites for hydroxylation is 2. The minimum absolute atomic E-state index is 0.0355. The van der Waals surface area contributed by atoms with Crippen molar-refractivity contribution in [3.63, 3.8) is 0 Å². The number of benzene rings is 2. The summed E-state index contributed by atoms with van der Waals surface area (Å²) in [6.45, 7) is 1.85. The second kappa shape index (κ2) is 9.19. The van der Waals surface area contributed by atoms with E-state index in [1.807, 2.05) is 6.92 Å². The predicted octanol–water partition coefficient (Wildman–Crippen LogP) is 4.79. The molecule has 0 aliphatic heterocycles. The Hall–Kier alpha value is -4.19. The highest BCUT2D eigenvalue weighted by atomic mass is 35.5. The Labute approximate surface area is 234 Å². The maximum atomic E-state index is 13.5. The lowest BCUT2D eigenvalue weighted by molar-refractivity contribution is 0.587. The number of rotatable bonds is 5. The zero-order chi connectivity index (χ0) is 28.4. The molecule has 0 N–H and O–H groups in total. The van der Waals surface area contributed by atoms with Crippen LogP contribution in [0.15, 0.2) is 106 Å². The molecule has 0 fully saturated rings. The number of pyridine rings is 2.